The van der Waals surface area contributed by atoms with Crippen LogP contribution in [0.25, 0.3) is 22.4 Å². The standard InChI is InChI=1S/C35H39Cl2N7O3/c1-2-44-34(46)31(40-35(47)41-33-28(36)22-38-23-29(33)37)21-30(42-44)27-9-6-8-26(20-27)25-13-10-24(11-14-25)12-15-32(45)39-16-7-19-43-17-4-3-5-18-43/h6,8-11,13-14,20-23H,2-5,7,12,15-19H2,1H3,(H,39,45)(H2,38,40,41,47). The minimum absolute atomic E-state index is 0.0523. The lowest BCUT2D eigenvalue weighted by atomic mass is 9.99. The van der Waals surface area contributed by atoms with E-state index in [2.05, 4.69) is 30.9 Å². The molecule has 47 heavy (non-hydrogen) atoms. The van der Waals surface area contributed by atoms with Gasteiger partial charge in [-0.1, -0.05) is 72.1 Å². The van der Waals surface area contributed by atoms with Gasteiger partial charge in [-0.15, -0.1) is 0 Å². The number of benzene rings is 2. The summed E-state index contributed by atoms with van der Waals surface area (Å²) in [6.07, 6.45) is 8.72. The Morgan fingerprint density at radius 2 is 1.62 bits per heavy atom. The zero-order valence-electron chi connectivity index (χ0n) is 26.4. The Morgan fingerprint density at radius 1 is 0.894 bits per heavy atom. The van der Waals surface area contributed by atoms with Crippen LogP contribution < -0.4 is 21.5 Å². The highest BCUT2D eigenvalue weighted by molar-refractivity contribution is 6.39. The molecule has 3 amide bonds. The molecular formula is C35H39Cl2N7O3. The summed E-state index contributed by atoms with van der Waals surface area (Å²) < 4.78 is 1.30. The Morgan fingerprint density at radius 3 is 2.34 bits per heavy atom. The highest BCUT2D eigenvalue weighted by Gasteiger charge is 2.16. The summed E-state index contributed by atoms with van der Waals surface area (Å²) in [7, 11) is 0. The van der Waals surface area contributed by atoms with Crippen molar-refractivity contribution in [1.82, 2.24) is 25.0 Å². The van der Waals surface area contributed by atoms with Crippen molar-refractivity contribution in [3.05, 3.63) is 93.0 Å². The maximum atomic E-state index is 13.0. The van der Waals surface area contributed by atoms with Crippen molar-refractivity contribution in [1.29, 1.82) is 0 Å². The first-order valence-electron chi connectivity index (χ1n) is 16.0. The van der Waals surface area contributed by atoms with E-state index in [1.807, 2.05) is 48.5 Å². The van der Waals surface area contributed by atoms with Crippen LogP contribution in [0, 0.1) is 0 Å². The largest absolute Gasteiger partial charge is 0.356 e. The summed E-state index contributed by atoms with van der Waals surface area (Å²) in [5.74, 6) is 0.0811. The summed E-state index contributed by atoms with van der Waals surface area (Å²) >= 11 is 12.2. The molecule has 2 aromatic heterocycles. The van der Waals surface area contributed by atoms with Crippen molar-refractivity contribution in [2.24, 2.45) is 0 Å². The van der Waals surface area contributed by atoms with E-state index < -0.39 is 11.6 Å². The molecule has 0 atom stereocenters. The quantitative estimate of drug-likeness (QED) is 0.141. The SMILES string of the molecule is CCn1nc(-c2cccc(-c3ccc(CCC(=O)NCCCN4CCCCC4)cc3)c2)cc(NC(=O)Nc2c(Cl)cncc2Cl)c1=O. The van der Waals surface area contributed by atoms with Crippen LogP contribution in [-0.4, -0.2) is 57.8 Å². The second kappa shape index (κ2) is 16.5. The summed E-state index contributed by atoms with van der Waals surface area (Å²) in [5, 5.41) is 13.1. The predicted molar refractivity (Wildman–Crippen MR) is 188 cm³/mol. The number of hydrogen-bond acceptors (Lipinski definition) is 6. The Labute approximate surface area is 284 Å². The predicted octanol–water partition coefficient (Wildman–Crippen LogP) is 6.87. The number of pyridine rings is 1. The Balaban J connectivity index is 1.21. The number of likely N-dealkylation sites (tertiary alicyclic amines) is 1. The van der Waals surface area contributed by atoms with Gasteiger partial charge in [-0.2, -0.15) is 5.10 Å². The van der Waals surface area contributed by atoms with Crippen molar-refractivity contribution in [2.75, 3.05) is 36.8 Å². The van der Waals surface area contributed by atoms with Gasteiger partial charge >= 0.3 is 6.03 Å². The number of halogens is 2. The van der Waals surface area contributed by atoms with Crippen molar-refractivity contribution in [3.63, 3.8) is 0 Å². The third kappa shape index (κ3) is 9.41. The lowest BCUT2D eigenvalue weighted by Gasteiger charge is -2.26. The number of nitrogens with zero attached hydrogens (tertiary/aromatic N) is 4. The van der Waals surface area contributed by atoms with E-state index in [0.29, 0.717) is 25.1 Å². The van der Waals surface area contributed by atoms with Gasteiger partial charge in [0.1, 0.15) is 5.69 Å². The molecule has 0 saturated carbocycles. The highest BCUT2D eigenvalue weighted by Crippen LogP contribution is 2.29. The topological polar surface area (TPSA) is 121 Å². The molecule has 3 N–H and O–H groups in total. The second-order valence-corrected chi connectivity index (χ2v) is 12.3. The van der Waals surface area contributed by atoms with Crippen molar-refractivity contribution < 1.29 is 9.59 Å². The van der Waals surface area contributed by atoms with E-state index in [4.69, 9.17) is 23.2 Å². The molecule has 246 valence electrons. The number of hydrogen-bond donors (Lipinski definition) is 3. The monoisotopic (exact) mass is 675 g/mol. The number of piperidine rings is 1. The fraction of sp³-hybridized carbons (Fsp3) is 0.343. The second-order valence-electron chi connectivity index (χ2n) is 11.5. The zero-order chi connectivity index (χ0) is 33.2. The van der Waals surface area contributed by atoms with Gasteiger partial charge in [0.15, 0.2) is 0 Å². The van der Waals surface area contributed by atoms with Gasteiger partial charge in [0.2, 0.25) is 5.91 Å². The fourth-order valence-corrected chi connectivity index (χ4v) is 6.03. The van der Waals surface area contributed by atoms with Crippen LogP contribution in [-0.2, 0) is 17.8 Å². The summed E-state index contributed by atoms with van der Waals surface area (Å²) in [4.78, 5) is 44.6. The van der Waals surface area contributed by atoms with Crippen LogP contribution in [0.2, 0.25) is 10.0 Å². The Hall–Kier alpha value is -4.25. The maximum Gasteiger partial charge on any atom is 0.323 e. The molecule has 3 heterocycles. The van der Waals surface area contributed by atoms with Crippen molar-refractivity contribution in [3.8, 4) is 22.4 Å². The minimum Gasteiger partial charge on any atom is -0.356 e. The Kier molecular flexibility index (Phi) is 12.0. The molecule has 5 rings (SSSR count). The van der Waals surface area contributed by atoms with Crippen LogP contribution in [0.3, 0.4) is 0 Å². The summed E-state index contributed by atoms with van der Waals surface area (Å²) in [6, 6.07) is 16.8. The molecule has 0 aliphatic carbocycles. The number of carbonyl (C=O) groups is 2. The molecule has 2 aromatic carbocycles. The van der Waals surface area contributed by atoms with E-state index in [-0.39, 0.29) is 27.3 Å². The van der Waals surface area contributed by atoms with E-state index in [0.717, 1.165) is 41.8 Å². The number of carbonyl (C=O) groups excluding carboxylic acids is 2. The molecule has 1 fully saturated rings. The van der Waals surface area contributed by atoms with Gasteiger partial charge in [0.25, 0.3) is 5.56 Å². The Bertz CT molecular complexity index is 1740. The maximum absolute atomic E-state index is 13.0. The van der Waals surface area contributed by atoms with Crippen LogP contribution in [0.15, 0.2) is 71.8 Å². The van der Waals surface area contributed by atoms with E-state index in [1.54, 1.807) is 13.0 Å². The highest BCUT2D eigenvalue weighted by atomic mass is 35.5. The summed E-state index contributed by atoms with van der Waals surface area (Å²) in [6.45, 7) is 6.24. The van der Waals surface area contributed by atoms with Gasteiger partial charge in [0.05, 0.1) is 21.4 Å². The van der Waals surface area contributed by atoms with Crippen LogP contribution in [0.1, 0.15) is 44.6 Å². The number of amides is 3. The number of anilines is 2. The van der Waals surface area contributed by atoms with Gasteiger partial charge in [-0.05, 0) is 81.1 Å². The number of aromatic nitrogens is 3. The molecule has 0 bridgehead atoms. The first-order valence-corrected chi connectivity index (χ1v) is 16.7. The lowest BCUT2D eigenvalue weighted by Crippen LogP contribution is -2.33. The van der Waals surface area contributed by atoms with Crippen LogP contribution >= 0.6 is 23.2 Å². The molecule has 10 nitrogen and oxygen atoms in total. The number of urea groups is 1. The zero-order valence-corrected chi connectivity index (χ0v) is 27.9. The molecule has 0 radical (unpaired) electrons. The molecule has 4 aromatic rings. The van der Waals surface area contributed by atoms with Gasteiger partial charge in [-0.3, -0.25) is 14.6 Å². The molecule has 1 aliphatic rings. The first-order chi connectivity index (χ1) is 22.8. The fourth-order valence-electron chi connectivity index (χ4n) is 5.57. The number of aryl methyl sites for hydroxylation is 2. The van der Waals surface area contributed by atoms with Gasteiger partial charge in [-0.25, -0.2) is 9.48 Å². The van der Waals surface area contributed by atoms with Crippen LogP contribution in [0.5, 0.6) is 0 Å². The summed E-state index contributed by atoms with van der Waals surface area (Å²) in [5.41, 5.74) is 4.14. The molecular weight excluding hydrogens is 637 g/mol. The van der Waals surface area contributed by atoms with Crippen molar-refractivity contribution >= 4 is 46.5 Å². The number of rotatable bonds is 12. The molecule has 12 heteroatoms. The normalized spacial score (nSPS) is 13.3. The van der Waals surface area contributed by atoms with Crippen LogP contribution in [0.4, 0.5) is 16.2 Å². The number of nitrogens with one attached hydrogen (secondary N) is 3. The molecule has 1 saturated heterocycles. The minimum atomic E-state index is -0.684. The molecule has 0 spiro atoms. The third-order valence-electron chi connectivity index (χ3n) is 8.12. The van der Waals surface area contributed by atoms with Crippen molar-refractivity contribution in [2.45, 2.75) is 52.0 Å². The van der Waals surface area contributed by atoms with E-state index in [9.17, 15) is 14.4 Å². The lowest BCUT2D eigenvalue weighted by molar-refractivity contribution is -0.121. The molecule has 1 aliphatic heterocycles. The molecule has 0 unspecified atom stereocenters. The first kappa shape index (κ1) is 34.1. The third-order valence-corrected chi connectivity index (χ3v) is 8.70. The van der Waals surface area contributed by atoms with E-state index in [1.165, 1.54) is 49.4 Å². The smallest absolute Gasteiger partial charge is 0.323 e. The van der Waals surface area contributed by atoms with Gasteiger partial charge in [0, 0.05) is 37.5 Å². The van der Waals surface area contributed by atoms with Gasteiger partial charge < -0.3 is 20.9 Å². The van der Waals surface area contributed by atoms with E-state index >= 15 is 0 Å². The average molecular weight is 677 g/mol. The average Bonchev–Trinajstić information content (AvgIpc) is 3.09.